The van der Waals surface area contributed by atoms with E-state index < -0.39 is 0 Å². The van der Waals surface area contributed by atoms with Gasteiger partial charge in [0.15, 0.2) is 0 Å². The summed E-state index contributed by atoms with van der Waals surface area (Å²) in [4.78, 5) is 7.80. The Morgan fingerprint density at radius 3 is 3.12 bits per heavy atom. The van der Waals surface area contributed by atoms with Gasteiger partial charge in [-0.2, -0.15) is 5.10 Å². The van der Waals surface area contributed by atoms with Crippen molar-refractivity contribution in [2.24, 2.45) is 7.05 Å². The van der Waals surface area contributed by atoms with Crippen molar-refractivity contribution in [2.45, 2.75) is 18.9 Å². The average molecular weight is 217 g/mol. The van der Waals surface area contributed by atoms with E-state index in [4.69, 9.17) is 0 Å². The zero-order valence-corrected chi connectivity index (χ0v) is 9.27. The predicted molar refractivity (Wildman–Crippen MR) is 60.8 cm³/mol. The van der Waals surface area contributed by atoms with E-state index in [9.17, 15) is 0 Å². The number of nitrogens with one attached hydrogen (secondary N) is 2. The molecule has 1 saturated heterocycles. The van der Waals surface area contributed by atoms with Crippen LogP contribution in [0.25, 0.3) is 11.4 Å². The third-order valence-electron chi connectivity index (χ3n) is 3.08. The second-order valence-corrected chi connectivity index (χ2v) is 4.17. The molecule has 1 unspecified atom stereocenters. The summed E-state index contributed by atoms with van der Waals surface area (Å²) in [6.07, 6.45) is 6.07. The van der Waals surface area contributed by atoms with Crippen molar-refractivity contribution in [3.8, 4) is 11.4 Å². The Bertz CT molecular complexity index is 478. The van der Waals surface area contributed by atoms with Crippen LogP contribution >= 0.6 is 0 Å². The second kappa shape index (κ2) is 3.75. The number of rotatable bonds is 2. The van der Waals surface area contributed by atoms with E-state index in [2.05, 4.69) is 20.4 Å². The Labute approximate surface area is 93.9 Å². The number of imidazole rings is 1. The molecule has 1 aliphatic rings. The molecule has 2 aromatic heterocycles. The van der Waals surface area contributed by atoms with Gasteiger partial charge in [-0.1, -0.05) is 0 Å². The molecule has 84 valence electrons. The predicted octanol–water partition coefficient (Wildman–Crippen LogP) is 1.23. The molecule has 16 heavy (non-hydrogen) atoms. The van der Waals surface area contributed by atoms with Crippen molar-refractivity contribution in [3.63, 3.8) is 0 Å². The van der Waals surface area contributed by atoms with Crippen molar-refractivity contribution in [3.05, 3.63) is 24.3 Å². The number of hydrogen-bond donors (Lipinski definition) is 2. The van der Waals surface area contributed by atoms with Gasteiger partial charge in [0.25, 0.3) is 0 Å². The van der Waals surface area contributed by atoms with Crippen molar-refractivity contribution in [2.75, 3.05) is 6.54 Å². The summed E-state index contributed by atoms with van der Waals surface area (Å²) in [5.74, 6) is 1.04. The van der Waals surface area contributed by atoms with Crippen LogP contribution in [-0.2, 0) is 7.05 Å². The minimum absolute atomic E-state index is 0.391. The molecular formula is C11H15N5. The monoisotopic (exact) mass is 217 g/mol. The van der Waals surface area contributed by atoms with Crippen LogP contribution in [0.4, 0.5) is 0 Å². The molecule has 0 aliphatic carbocycles. The minimum Gasteiger partial charge on any atom is -0.339 e. The molecule has 0 saturated carbocycles. The van der Waals surface area contributed by atoms with Crippen LogP contribution < -0.4 is 5.32 Å². The van der Waals surface area contributed by atoms with Gasteiger partial charge in [0.1, 0.15) is 5.82 Å². The van der Waals surface area contributed by atoms with Gasteiger partial charge in [-0.25, -0.2) is 4.98 Å². The van der Waals surface area contributed by atoms with Crippen molar-refractivity contribution < 1.29 is 0 Å². The third-order valence-corrected chi connectivity index (χ3v) is 3.08. The summed E-state index contributed by atoms with van der Waals surface area (Å²) in [5, 5.41) is 7.58. The Balaban J connectivity index is 1.90. The lowest BCUT2D eigenvalue weighted by molar-refractivity contribution is 0.612. The zero-order chi connectivity index (χ0) is 11.0. The van der Waals surface area contributed by atoms with Crippen LogP contribution in [-0.4, -0.2) is 26.3 Å². The lowest BCUT2D eigenvalue weighted by Crippen LogP contribution is -2.14. The first kappa shape index (κ1) is 9.59. The highest BCUT2D eigenvalue weighted by Gasteiger charge is 2.19. The van der Waals surface area contributed by atoms with Crippen molar-refractivity contribution >= 4 is 0 Å². The van der Waals surface area contributed by atoms with E-state index >= 15 is 0 Å². The number of H-pyrrole nitrogens is 1. The molecule has 0 amide bonds. The topological polar surface area (TPSA) is 58.5 Å². The fourth-order valence-corrected chi connectivity index (χ4v) is 2.20. The van der Waals surface area contributed by atoms with Gasteiger partial charge >= 0.3 is 0 Å². The summed E-state index contributed by atoms with van der Waals surface area (Å²) >= 11 is 0. The lowest BCUT2D eigenvalue weighted by atomic mass is 10.2. The molecular weight excluding hydrogens is 202 g/mol. The first-order valence-corrected chi connectivity index (χ1v) is 5.61. The molecule has 2 aromatic rings. The van der Waals surface area contributed by atoms with Crippen LogP contribution in [0.1, 0.15) is 24.7 Å². The number of aromatic nitrogens is 4. The molecule has 1 fully saturated rings. The van der Waals surface area contributed by atoms with Crippen molar-refractivity contribution in [1.29, 1.82) is 0 Å². The number of nitrogens with zero attached hydrogens (tertiary/aromatic N) is 3. The summed E-state index contributed by atoms with van der Waals surface area (Å²) in [6, 6.07) is 2.38. The molecule has 3 rings (SSSR count). The van der Waals surface area contributed by atoms with Crippen LogP contribution in [0.5, 0.6) is 0 Å². The van der Waals surface area contributed by atoms with E-state index in [-0.39, 0.29) is 0 Å². The molecule has 0 bridgehead atoms. The van der Waals surface area contributed by atoms with E-state index in [0.29, 0.717) is 6.04 Å². The lowest BCUT2D eigenvalue weighted by Gasteiger charge is -2.05. The standard InChI is InChI=1S/C11H15N5/c1-16-10(4-6-14-16)9-7-13-11(15-9)8-3-2-5-12-8/h4,6-8,12H,2-3,5H2,1H3,(H,13,15). The summed E-state index contributed by atoms with van der Waals surface area (Å²) in [7, 11) is 1.93. The van der Waals surface area contributed by atoms with E-state index in [1.54, 1.807) is 6.20 Å². The van der Waals surface area contributed by atoms with Gasteiger partial charge < -0.3 is 10.3 Å². The molecule has 3 heterocycles. The van der Waals surface area contributed by atoms with Crippen LogP contribution in [0.15, 0.2) is 18.5 Å². The summed E-state index contributed by atoms with van der Waals surface area (Å²) in [6.45, 7) is 1.09. The molecule has 5 nitrogen and oxygen atoms in total. The van der Waals surface area contributed by atoms with E-state index in [1.165, 1.54) is 12.8 Å². The average Bonchev–Trinajstić information content (AvgIpc) is 2.96. The fourth-order valence-electron chi connectivity index (χ4n) is 2.20. The molecule has 0 spiro atoms. The molecule has 1 aliphatic heterocycles. The van der Waals surface area contributed by atoms with Crippen LogP contribution in [0, 0.1) is 0 Å². The molecule has 2 N–H and O–H groups in total. The largest absolute Gasteiger partial charge is 0.339 e. The molecule has 0 radical (unpaired) electrons. The summed E-state index contributed by atoms with van der Waals surface area (Å²) < 4.78 is 1.85. The van der Waals surface area contributed by atoms with Gasteiger partial charge in [0.2, 0.25) is 0 Å². The first-order valence-electron chi connectivity index (χ1n) is 5.61. The maximum absolute atomic E-state index is 4.44. The van der Waals surface area contributed by atoms with Gasteiger partial charge in [-0.15, -0.1) is 0 Å². The van der Waals surface area contributed by atoms with Crippen molar-refractivity contribution in [1.82, 2.24) is 25.1 Å². The Kier molecular flexibility index (Phi) is 2.25. The Morgan fingerprint density at radius 2 is 2.44 bits per heavy atom. The van der Waals surface area contributed by atoms with Gasteiger partial charge in [-0.05, 0) is 25.5 Å². The van der Waals surface area contributed by atoms with Crippen LogP contribution in [0.3, 0.4) is 0 Å². The molecule has 5 heteroatoms. The SMILES string of the molecule is Cn1nccc1-c1cnc(C2CCCN2)[nH]1. The third kappa shape index (κ3) is 1.53. The number of aromatic amines is 1. The first-order chi connectivity index (χ1) is 7.84. The summed E-state index contributed by atoms with van der Waals surface area (Å²) in [5.41, 5.74) is 2.10. The maximum Gasteiger partial charge on any atom is 0.123 e. The molecule has 0 aromatic carbocycles. The molecule has 1 atom stereocenters. The highest BCUT2D eigenvalue weighted by Crippen LogP contribution is 2.23. The number of aryl methyl sites for hydroxylation is 1. The second-order valence-electron chi connectivity index (χ2n) is 4.17. The quantitative estimate of drug-likeness (QED) is 0.795. The number of hydrogen-bond acceptors (Lipinski definition) is 3. The Morgan fingerprint density at radius 1 is 1.50 bits per heavy atom. The van der Waals surface area contributed by atoms with E-state index in [0.717, 1.165) is 23.8 Å². The zero-order valence-electron chi connectivity index (χ0n) is 9.27. The van der Waals surface area contributed by atoms with E-state index in [1.807, 2.05) is 24.0 Å². The maximum atomic E-state index is 4.44. The fraction of sp³-hybridized carbons (Fsp3) is 0.455. The minimum atomic E-state index is 0.391. The van der Waals surface area contributed by atoms with Gasteiger partial charge in [-0.3, -0.25) is 4.68 Å². The highest BCUT2D eigenvalue weighted by molar-refractivity contribution is 5.53. The van der Waals surface area contributed by atoms with Crippen LogP contribution in [0.2, 0.25) is 0 Å². The van der Waals surface area contributed by atoms with Gasteiger partial charge in [0, 0.05) is 13.2 Å². The van der Waals surface area contributed by atoms with Gasteiger partial charge in [0.05, 0.1) is 23.6 Å². The normalized spacial score (nSPS) is 20.4. The smallest absolute Gasteiger partial charge is 0.123 e. The Hall–Kier alpha value is -1.62. The highest BCUT2D eigenvalue weighted by atomic mass is 15.3.